The molecule has 0 aliphatic rings. The molecule has 2 aromatic rings. The molecule has 0 saturated heterocycles. The Morgan fingerprint density at radius 3 is 2.52 bits per heavy atom. The van der Waals surface area contributed by atoms with Crippen molar-refractivity contribution >= 4 is 29.4 Å². The van der Waals surface area contributed by atoms with E-state index in [1.165, 1.54) is 14.0 Å². The van der Waals surface area contributed by atoms with Gasteiger partial charge in [0.25, 0.3) is 5.91 Å². The molecule has 0 radical (unpaired) electrons. The molecule has 0 atom stereocenters. The van der Waals surface area contributed by atoms with Gasteiger partial charge in [0.15, 0.2) is 0 Å². The maximum absolute atomic E-state index is 12.2. The number of nitrogens with two attached hydrogens (primary N) is 1. The smallest absolute Gasteiger partial charge is 0.342 e. The van der Waals surface area contributed by atoms with Crippen LogP contribution in [0.25, 0.3) is 0 Å². The number of methoxy groups -OCH3 is 1. The number of benzene rings is 1. The average Bonchev–Trinajstić information content (AvgIpc) is 2.96. The fourth-order valence-corrected chi connectivity index (χ4v) is 2.45. The lowest BCUT2D eigenvalue weighted by Crippen LogP contribution is -2.24. The van der Waals surface area contributed by atoms with Gasteiger partial charge < -0.3 is 24.9 Å². The number of rotatable bonds is 8. The summed E-state index contributed by atoms with van der Waals surface area (Å²) < 4.78 is 15.4. The van der Waals surface area contributed by atoms with Crippen molar-refractivity contribution in [3.05, 3.63) is 41.2 Å². The fourth-order valence-electron chi connectivity index (χ4n) is 2.45. The molecular weight excluding hydrogens is 354 g/mol. The third-order valence-electron chi connectivity index (χ3n) is 3.61. The van der Waals surface area contributed by atoms with Crippen LogP contribution in [0.5, 0.6) is 5.75 Å². The number of primary amides is 1. The summed E-state index contributed by atoms with van der Waals surface area (Å²) in [6, 6.07) is 7.07. The highest BCUT2D eigenvalue weighted by Crippen LogP contribution is 2.28. The van der Waals surface area contributed by atoms with E-state index >= 15 is 0 Å². The van der Waals surface area contributed by atoms with E-state index in [4.69, 9.17) is 19.6 Å². The summed E-state index contributed by atoms with van der Waals surface area (Å²) in [6.07, 6.45) is 0. The summed E-state index contributed by atoms with van der Waals surface area (Å²) in [5.74, 6) is -1.68. The molecular formula is C18H21N3O6. The Balaban J connectivity index is 2.16. The SMILES string of the molecule is CCOC(=O)c1c(C)oc(NC(=O)CNc2ccccc2OC)c1C(N)=O. The Morgan fingerprint density at radius 1 is 1.19 bits per heavy atom. The Hall–Kier alpha value is -3.49. The summed E-state index contributed by atoms with van der Waals surface area (Å²) in [7, 11) is 1.52. The van der Waals surface area contributed by atoms with Crippen molar-refractivity contribution in [2.45, 2.75) is 13.8 Å². The Kier molecular flexibility index (Phi) is 6.42. The van der Waals surface area contributed by atoms with Gasteiger partial charge in [-0.1, -0.05) is 12.1 Å². The van der Waals surface area contributed by atoms with E-state index in [1.807, 2.05) is 0 Å². The van der Waals surface area contributed by atoms with Gasteiger partial charge in [-0.15, -0.1) is 0 Å². The van der Waals surface area contributed by atoms with Crippen LogP contribution in [-0.4, -0.2) is 38.0 Å². The van der Waals surface area contributed by atoms with Crippen molar-refractivity contribution in [1.82, 2.24) is 0 Å². The lowest BCUT2D eigenvalue weighted by molar-refractivity contribution is -0.114. The minimum atomic E-state index is -0.914. The lowest BCUT2D eigenvalue weighted by atomic mass is 10.1. The van der Waals surface area contributed by atoms with Gasteiger partial charge in [0, 0.05) is 0 Å². The van der Waals surface area contributed by atoms with E-state index in [9.17, 15) is 14.4 Å². The number of carbonyl (C=O) groups excluding carboxylic acids is 3. The minimum absolute atomic E-state index is 0.0997. The quantitative estimate of drug-likeness (QED) is 0.600. The first-order chi connectivity index (χ1) is 12.9. The molecule has 0 fully saturated rings. The van der Waals surface area contributed by atoms with Crippen LogP contribution in [0.15, 0.2) is 28.7 Å². The van der Waals surface area contributed by atoms with Crippen LogP contribution in [0, 0.1) is 6.92 Å². The molecule has 0 bridgehead atoms. The van der Waals surface area contributed by atoms with Gasteiger partial charge in [-0.2, -0.15) is 0 Å². The largest absolute Gasteiger partial charge is 0.495 e. The Morgan fingerprint density at radius 2 is 1.89 bits per heavy atom. The van der Waals surface area contributed by atoms with Crippen molar-refractivity contribution < 1.29 is 28.3 Å². The number of nitrogens with one attached hydrogen (secondary N) is 2. The highest BCUT2D eigenvalue weighted by atomic mass is 16.5. The first kappa shape index (κ1) is 19.8. The lowest BCUT2D eigenvalue weighted by Gasteiger charge is -2.10. The number of esters is 1. The average molecular weight is 375 g/mol. The second-order valence-electron chi connectivity index (χ2n) is 5.42. The second-order valence-corrected chi connectivity index (χ2v) is 5.42. The molecule has 144 valence electrons. The number of amides is 2. The fraction of sp³-hybridized carbons (Fsp3) is 0.278. The topological polar surface area (TPSA) is 133 Å². The van der Waals surface area contributed by atoms with Crippen LogP contribution in [-0.2, 0) is 9.53 Å². The summed E-state index contributed by atoms with van der Waals surface area (Å²) >= 11 is 0. The van der Waals surface area contributed by atoms with Gasteiger partial charge in [-0.25, -0.2) is 4.79 Å². The molecule has 0 spiro atoms. The van der Waals surface area contributed by atoms with Gasteiger partial charge in [0.05, 0.1) is 25.9 Å². The summed E-state index contributed by atoms with van der Waals surface area (Å²) in [6.45, 7) is 3.09. The summed E-state index contributed by atoms with van der Waals surface area (Å²) in [5, 5.41) is 5.35. The van der Waals surface area contributed by atoms with Gasteiger partial charge >= 0.3 is 5.97 Å². The molecule has 0 aliphatic heterocycles. The monoisotopic (exact) mass is 375 g/mol. The Bertz CT molecular complexity index is 859. The van der Waals surface area contributed by atoms with E-state index in [0.29, 0.717) is 11.4 Å². The van der Waals surface area contributed by atoms with Crippen LogP contribution < -0.4 is 21.1 Å². The third-order valence-corrected chi connectivity index (χ3v) is 3.61. The molecule has 1 aromatic carbocycles. The first-order valence-electron chi connectivity index (χ1n) is 8.16. The number of para-hydroxylation sites is 2. The van der Waals surface area contributed by atoms with Crippen LogP contribution in [0.3, 0.4) is 0 Å². The predicted molar refractivity (Wildman–Crippen MR) is 98.0 cm³/mol. The Labute approximate surface area is 155 Å². The molecule has 1 heterocycles. The maximum Gasteiger partial charge on any atom is 0.342 e. The zero-order valence-electron chi connectivity index (χ0n) is 15.3. The van der Waals surface area contributed by atoms with Crippen molar-refractivity contribution in [2.75, 3.05) is 30.9 Å². The number of hydrogen-bond donors (Lipinski definition) is 3. The predicted octanol–water partition coefficient (Wildman–Crippen LogP) is 1.92. The van der Waals surface area contributed by atoms with Crippen molar-refractivity contribution in [3.8, 4) is 5.75 Å². The number of ether oxygens (including phenoxy) is 2. The number of furan rings is 1. The minimum Gasteiger partial charge on any atom is -0.495 e. The molecule has 2 amide bonds. The van der Waals surface area contributed by atoms with E-state index in [0.717, 1.165) is 0 Å². The molecule has 27 heavy (non-hydrogen) atoms. The van der Waals surface area contributed by atoms with Crippen LogP contribution in [0.1, 0.15) is 33.4 Å². The molecule has 4 N–H and O–H groups in total. The standard InChI is InChI=1S/C18H21N3O6/c1-4-26-18(24)14-10(2)27-17(15(14)16(19)23)21-13(22)9-20-11-7-5-6-8-12(11)25-3/h5-8,20H,4,9H2,1-3H3,(H2,19,23)(H,21,22). The zero-order valence-corrected chi connectivity index (χ0v) is 15.3. The van der Waals surface area contributed by atoms with E-state index < -0.39 is 17.8 Å². The summed E-state index contributed by atoms with van der Waals surface area (Å²) in [5.41, 5.74) is 5.64. The van der Waals surface area contributed by atoms with E-state index in [1.54, 1.807) is 31.2 Å². The number of hydrogen-bond acceptors (Lipinski definition) is 7. The highest BCUT2D eigenvalue weighted by molar-refractivity contribution is 6.10. The maximum atomic E-state index is 12.2. The van der Waals surface area contributed by atoms with Crippen molar-refractivity contribution in [1.29, 1.82) is 0 Å². The van der Waals surface area contributed by atoms with E-state index in [2.05, 4.69) is 10.6 Å². The summed E-state index contributed by atoms with van der Waals surface area (Å²) in [4.78, 5) is 36.1. The van der Waals surface area contributed by atoms with Gasteiger partial charge in [0.1, 0.15) is 22.6 Å². The van der Waals surface area contributed by atoms with Crippen molar-refractivity contribution in [2.24, 2.45) is 5.73 Å². The van der Waals surface area contributed by atoms with Crippen molar-refractivity contribution in [3.63, 3.8) is 0 Å². The number of carbonyl (C=O) groups is 3. The molecule has 1 aromatic heterocycles. The van der Waals surface area contributed by atoms with Gasteiger partial charge in [-0.3, -0.25) is 14.9 Å². The van der Waals surface area contributed by atoms with Crippen LogP contribution >= 0.6 is 0 Å². The molecule has 0 aliphatic carbocycles. The van der Waals surface area contributed by atoms with Gasteiger partial charge in [-0.05, 0) is 26.0 Å². The third kappa shape index (κ3) is 4.57. The molecule has 2 rings (SSSR count). The first-order valence-corrected chi connectivity index (χ1v) is 8.16. The molecule has 9 nitrogen and oxygen atoms in total. The molecule has 0 unspecified atom stereocenters. The zero-order chi connectivity index (χ0) is 20.0. The molecule has 9 heteroatoms. The highest BCUT2D eigenvalue weighted by Gasteiger charge is 2.29. The second kappa shape index (κ2) is 8.75. The van der Waals surface area contributed by atoms with Crippen LogP contribution in [0.4, 0.5) is 11.6 Å². The van der Waals surface area contributed by atoms with Gasteiger partial charge in [0.2, 0.25) is 11.8 Å². The number of anilines is 2. The van der Waals surface area contributed by atoms with Crippen LogP contribution in [0.2, 0.25) is 0 Å². The normalized spacial score (nSPS) is 10.2. The molecule has 0 saturated carbocycles. The number of aryl methyl sites for hydroxylation is 1. The van der Waals surface area contributed by atoms with E-state index in [-0.39, 0.29) is 35.9 Å².